The van der Waals surface area contributed by atoms with Crippen molar-refractivity contribution in [2.45, 2.75) is 19.4 Å². The maximum atomic E-state index is 8.93. The fourth-order valence-electron chi connectivity index (χ4n) is 1.20. The molecule has 0 saturated carbocycles. The summed E-state index contributed by atoms with van der Waals surface area (Å²) in [7, 11) is 0. The third-order valence-corrected chi connectivity index (χ3v) is 2.20. The van der Waals surface area contributed by atoms with Gasteiger partial charge in [-0.25, -0.2) is 0 Å². The summed E-state index contributed by atoms with van der Waals surface area (Å²) < 4.78 is 0. The molecule has 1 rings (SSSR count). The summed E-state index contributed by atoms with van der Waals surface area (Å²) in [5, 5.41) is 12.1. The SMILES string of the molecule is CCC(CO)NCC#Cc1ccccc1.Cl. The third-order valence-electron chi connectivity index (χ3n) is 2.20. The summed E-state index contributed by atoms with van der Waals surface area (Å²) in [6.45, 7) is 2.83. The first-order chi connectivity index (χ1) is 7.36. The summed E-state index contributed by atoms with van der Waals surface area (Å²) in [5.41, 5.74) is 1.02. The zero-order chi connectivity index (χ0) is 10.9. The van der Waals surface area contributed by atoms with Crippen molar-refractivity contribution in [1.29, 1.82) is 0 Å². The quantitative estimate of drug-likeness (QED) is 0.786. The molecule has 0 aliphatic heterocycles. The minimum Gasteiger partial charge on any atom is -0.395 e. The molecule has 2 nitrogen and oxygen atoms in total. The highest BCUT2D eigenvalue weighted by atomic mass is 35.5. The van der Waals surface area contributed by atoms with Crippen LogP contribution in [-0.4, -0.2) is 24.3 Å². The Kier molecular flexibility index (Phi) is 8.65. The number of aliphatic hydroxyl groups excluding tert-OH is 1. The Balaban J connectivity index is 0.00000225. The van der Waals surface area contributed by atoms with E-state index in [0.29, 0.717) is 6.54 Å². The minimum absolute atomic E-state index is 0. The Labute approximate surface area is 103 Å². The van der Waals surface area contributed by atoms with E-state index < -0.39 is 0 Å². The molecule has 0 aromatic heterocycles. The molecule has 0 aliphatic carbocycles. The molecule has 0 heterocycles. The molecule has 1 aromatic rings. The highest BCUT2D eigenvalue weighted by molar-refractivity contribution is 5.85. The van der Waals surface area contributed by atoms with E-state index in [1.54, 1.807) is 0 Å². The van der Waals surface area contributed by atoms with Gasteiger partial charge in [0.15, 0.2) is 0 Å². The summed E-state index contributed by atoms with van der Waals surface area (Å²) in [6, 6.07) is 10.0. The molecule has 0 spiro atoms. The maximum Gasteiger partial charge on any atom is 0.0584 e. The van der Waals surface area contributed by atoms with E-state index in [0.717, 1.165) is 12.0 Å². The molecule has 2 N–H and O–H groups in total. The van der Waals surface area contributed by atoms with Crippen LogP contribution in [0.1, 0.15) is 18.9 Å². The van der Waals surface area contributed by atoms with Gasteiger partial charge in [0.1, 0.15) is 0 Å². The van der Waals surface area contributed by atoms with Crippen molar-refractivity contribution in [3.8, 4) is 11.8 Å². The average molecular weight is 240 g/mol. The monoisotopic (exact) mass is 239 g/mol. The normalized spacial score (nSPS) is 10.9. The summed E-state index contributed by atoms with van der Waals surface area (Å²) in [5.74, 6) is 6.08. The van der Waals surface area contributed by atoms with Crippen LogP contribution in [0.3, 0.4) is 0 Å². The van der Waals surface area contributed by atoms with Crippen molar-refractivity contribution < 1.29 is 5.11 Å². The van der Waals surface area contributed by atoms with Gasteiger partial charge in [0.25, 0.3) is 0 Å². The molecule has 1 atom stereocenters. The summed E-state index contributed by atoms with van der Waals surface area (Å²) in [6.07, 6.45) is 0.920. The number of hydrogen-bond acceptors (Lipinski definition) is 2. The van der Waals surface area contributed by atoms with Gasteiger partial charge in [-0.1, -0.05) is 37.0 Å². The Bertz CT molecular complexity index is 325. The summed E-state index contributed by atoms with van der Waals surface area (Å²) >= 11 is 0. The molecule has 16 heavy (non-hydrogen) atoms. The Morgan fingerprint density at radius 1 is 1.31 bits per heavy atom. The zero-order valence-electron chi connectivity index (χ0n) is 9.44. The van der Waals surface area contributed by atoms with E-state index in [1.807, 2.05) is 37.3 Å². The van der Waals surface area contributed by atoms with Crippen LogP contribution in [0.15, 0.2) is 30.3 Å². The molecule has 0 aliphatic rings. The lowest BCUT2D eigenvalue weighted by atomic mass is 10.2. The second kappa shape index (κ2) is 9.23. The predicted octanol–water partition coefficient (Wildman–Crippen LogP) is 1.82. The van der Waals surface area contributed by atoms with Gasteiger partial charge in [-0.3, -0.25) is 0 Å². The molecule has 3 heteroatoms. The second-order valence-electron chi connectivity index (χ2n) is 3.34. The van der Waals surface area contributed by atoms with Gasteiger partial charge in [0.05, 0.1) is 13.2 Å². The van der Waals surface area contributed by atoms with Crippen molar-refractivity contribution in [2.75, 3.05) is 13.2 Å². The van der Waals surface area contributed by atoms with Crippen molar-refractivity contribution in [3.63, 3.8) is 0 Å². The molecule has 0 fully saturated rings. The van der Waals surface area contributed by atoms with E-state index in [4.69, 9.17) is 5.11 Å². The molecule has 1 unspecified atom stereocenters. The van der Waals surface area contributed by atoms with Crippen LogP contribution in [-0.2, 0) is 0 Å². The molecule has 0 saturated heterocycles. The van der Waals surface area contributed by atoms with Crippen LogP contribution < -0.4 is 5.32 Å². The van der Waals surface area contributed by atoms with E-state index in [-0.39, 0.29) is 25.1 Å². The molecule has 0 amide bonds. The maximum absolute atomic E-state index is 8.93. The van der Waals surface area contributed by atoms with Crippen LogP contribution in [0.5, 0.6) is 0 Å². The predicted molar refractivity (Wildman–Crippen MR) is 69.7 cm³/mol. The van der Waals surface area contributed by atoms with Gasteiger partial charge in [-0.2, -0.15) is 0 Å². The van der Waals surface area contributed by atoms with Crippen LogP contribution in [0.2, 0.25) is 0 Å². The summed E-state index contributed by atoms with van der Waals surface area (Å²) in [4.78, 5) is 0. The van der Waals surface area contributed by atoms with E-state index >= 15 is 0 Å². The molecule has 0 bridgehead atoms. The zero-order valence-corrected chi connectivity index (χ0v) is 10.3. The van der Waals surface area contributed by atoms with Crippen LogP contribution >= 0.6 is 12.4 Å². The van der Waals surface area contributed by atoms with Crippen molar-refractivity contribution >= 4 is 12.4 Å². The van der Waals surface area contributed by atoms with Crippen LogP contribution in [0.25, 0.3) is 0 Å². The lowest BCUT2D eigenvalue weighted by Gasteiger charge is -2.10. The van der Waals surface area contributed by atoms with Gasteiger partial charge < -0.3 is 10.4 Å². The highest BCUT2D eigenvalue weighted by Gasteiger charge is 1.99. The first kappa shape index (κ1) is 15.0. The van der Waals surface area contributed by atoms with Gasteiger partial charge in [0.2, 0.25) is 0 Å². The van der Waals surface area contributed by atoms with E-state index in [2.05, 4.69) is 17.2 Å². The molecular formula is C13H18ClNO. The van der Waals surface area contributed by atoms with E-state index in [9.17, 15) is 0 Å². The fourth-order valence-corrected chi connectivity index (χ4v) is 1.20. The minimum atomic E-state index is 0. The van der Waals surface area contributed by atoms with Crippen molar-refractivity contribution in [2.24, 2.45) is 0 Å². The number of rotatable bonds is 4. The molecule has 1 aromatic carbocycles. The first-order valence-corrected chi connectivity index (χ1v) is 5.25. The number of benzene rings is 1. The number of aliphatic hydroxyl groups is 1. The smallest absolute Gasteiger partial charge is 0.0584 e. The largest absolute Gasteiger partial charge is 0.395 e. The topological polar surface area (TPSA) is 32.3 Å². The number of nitrogens with one attached hydrogen (secondary N) is 1. The highest BCUT2D eigenvalue weighted by Crippen LogP contribution is 1.94. The van der Waals surface area contributed by atoms with Gasteiger partial charge >= 0.3 is 0 Å². The third kappa shape index (κ3) is 5.77. The Morgan fingerprint density at radius 2 is 2.00 bits per heavy atom. The van der Waals surface area contributed by atoms with Gasteiger partial charge in [-0.15, -0.1) is 12.4 Å². The molecule has 0 radical (unpaired) electrons. The fraction of sp³-hybridized carbons (Fsp3) is 0.385. The molecule has 88 valence electrons. The van der Waals surface area contributed by atoms with Crippen LogP contribution in [0.4, 0.5) is 0 Å². The second-order valence-corrected chi connectivity index (χ2v) is 3.34. The lowest BCUT2D eigenvalue weighted by molar-refractivity contribution is 0.243. The average Bonchev–Trinajstić information content (AvgIpc) is 2.31. The van der Waals surface area contributed by atoms with Gasteiger partial charge in [-0.05, 0) is 18.6 Å². The standard InChI is InChI=1S/C13H17NO.ClH/c1-2-13(11-15)14-10-6-9-12-7-4-3-5-8-12;/h3-5,7-8,13-15H,2,10-11H2,1H3;1H. The van der Waals surface area contributed by atoms with Crippen LogP contribution in [0, 0.1) is 11.8 Å². The van der Waals surface area contributed by atoms with Crippen molar-refractivity contribution in [1.82, 2.24) is 5.32 Å². The Morgan fingerprint density at radius 3 is 2.56 bits per heavy atom. The van der Waals surface area contributed by atoms with E-state index in [1.165, 1.54) is 0 Å². The van der Waals surface area contributed by atoms with Gasteiger partial charge in [0, 0.05) is 11.6 Å². The number of hydrogen-bond donors (Lipinski definition) is 2. The van der Waals surface area contributed by atoms with Crippen molar-refractivity contribution in [3.05, 3.63) is 35.9 Å². The molecular weight excluding hydrogens is 222 g/mol. The number of halogens is 1. The lowest BCUT2D eigenvalue weighted by Crippen LogP contribution is -2.31. The Hall–Kier alpha value is -1.01. The first-order valence-electron chi connectivity index (χ1n) is 5.25.